The van der Waals surface area contributed by atoms with Gasteiger partial charge in [0.05, 0.1) is 19.8 Å². The molecule has 22 heavy (non-hydrogen) atoms. The monoisotopic (exact) mass is 305 g/mol. The molecule has 1 amide bonds. The predicted octanol–water partition coefficient (Wildman–Crippen LogP) is 1.75. The summed E-state index contributed by atoms with van der Waals surface area (Å²) in [5.74, 6) is 2.77. The van der Waals surface area contributed by atoms with Gasteiger partial charge in [-0.25, -0.2) is 0 Å². The van der Waals surface area contributed by atoms with Crippen molar-refractivity contribution in [2.75, 3.05) is 32.9 Å². The average Bonchev–Trinajstić information content (AvgIpc) is 3.32. The molecular weight excluding hydrogens is 282 g/mol. The first kappa shape index (κ1) is 15.4. The zero-order chi connectivity index (χ0) is 15.5. The Hall–Kier alpha value is -1.45. The maximum absolute atomic E-state index is 12.5. The molecule has 1 spiro atoms. The summed E-state index contributed by atoms with van der Waals surface area (Å²) in [5.41, 5.74) is -0.665. The Balaban J connectivity index is 1.49. The normalized spacial score (nSPS) is 29.3. The Morgan fingerprint density at radius 3 is 2.86 bits per heavy atom. The van der Waals surface area contributed by atoms with E-state index in [0.717, 1.165) is 25.9 Å². The molecule has 0 aliphatic carbocycles. The molecule has 3 aliphatic heterocycles. The number of nitrogens with zero attached hydrogens (tertiary/aromatic N) is 3. The Bertz CT molecular complexity index is 480. The Morgan fingerprint density at radius 1 is 1.32 bits per heavy atom. The van der Waals surface area contributed by atoms with Crippen LogP contribution < -0.4 is 0 Å². The standard InChI is InChI=1S/C16H23N3O3/c1-2-3-7-16(17-18-16)8-5-14(20)19-9-11-22-15(12-19)6-4-10-21-13-15/h1H,3-13H2. The molecule has 0 aromatic rings. The third-order valence-electron chi connectivity index (χ3n) is 4.68. The SMILES string of the molecule is C#CCCC1(CCC(=O)N2CCOC3(CCCOC3)C2)N=N1. The van der Waals surface area contributed by atoms with Crippen LogP contribution in [0.2, 0.25) is 0 Å². The minimum atomic E-state index is -0.375. The van der Waals surface area contributed by atoms with Crippen LogP contribution in [0.5, 0.6) is 0 Å². The molecule has 1 atom stereocenters. The van der Waals surface area contributed by atoms with Gasteiger partial charge in [-0.2, -0.15) is 10.2 Å². The highest BCUT2D eigenvalue weighted by atomic mass is 16.5. The molecule has 2 fully saturated rings. The zero-order valence-electron chi connectivity index (χ0n) is 12.9. The lowest BCUT2D eigenvalue weighted by atomic mass is 9.94. The van der Waals surface area contributed by atoms with E-state index >= 15 is 0 Å². The number of hydrogen-bond acceptors (Lipinski definition) is 5. The third-order valence-corrected chi connectivity index (χ3v) is 4.68. The fourth-order valence-electron chi connectivity index (χ4n) is 3.26. The Kier molecular flexibility index (Phi) is 4.46. The molecule has 0 N–H and O–H groups in total. The van der Waals surface area contributed by atoms with Crippen molar-refractivity contribution in [1.82, 2.24) is 4.90 Å². The number of carbonyl (C=O) groups is 1. The average molecular weight is 305 g/mol. The molecule has 120 valence electrons. The van der Waals surface area contributed by atoms with Crippen LogP contribution in [-0.2, 0) is 14.3 Å². The van der Waals surface area contributed by atoms with E-state index in [4.69, 9.17) is 15.9 Å². The molecule has 6 nitrogen and oxygen atoms in total. The highest BCUT2D eigenvalue weighted by Gasteiger charge is 2.42. The maximum atomic E-state index is 12.5. The molecule has 3 aliphatic rings. The quantitative estimate of drug-likeness (QED) is 0.727. The van der Waals surface area contributed by atoms with E-state index in [0.29, 0.717) is 45.6 Å². The van der Waals surface area contributed by atoms with Gasteiger partial charge >= 0.3 is 0 Å². The van der Waals surface area contributed by atoms with Gasteiger partial charge in [-0.3, -0.25) is 4.79 Å². The fraction of sp³-hybridized carbons (Fsp3) is 0.812. The van der Waals surface area contributed by atoms with Crippen molar-refractivity contribution in [3.05, 3.63) is 0 Å². The molecule has 0 aromatic heterocycles. The van der Waals surface area contributed by atoms with Crippen LogP contribution in [0.1, 0.15) is 38.5 Å². The van der Waals surface area contributed by atoms with E-state index < -0.39 is 0 Å². The van der Waals surface area contributed by atoms with Gasteiger partial charge in [-0.05, 0) is 12.8 Å². The van der Waals surface area contributed by atoms with Crippen molar-refractivity contribution in [3.63, 3.8) is 0 Å². The van der Waals surface area contributed by atoms with Gasteiger partial charge in [0.1, 0.15) is 5.60 Å². The summed E-state index contributed by atoms with van der Waals surface area (Å²) in [5, 5.41) is 8.17. The molecule has 0 saturated carbocycles. The van der Waals surface area contributed by atoms with Crippen LogP contribution in [-0.4, -0.2) is 55.0 Å². The van der Waals surface area contributed by atoms with Gasteiger partial charge in [0, 0.05) is 38.8 Å². The van der Waals surface area contributed by atoms with Crippen molar-refractivity contribution >= 4 is 5.91 Å². The number of morpholine rings is 1. The van der Waals surface area contributed by atoms with Gasteiger partial charge in [-0.15, -0.1) is 12.3 Å². The van der Waals surface area contributed by atoms with E-state index in [9.17, 15) is 4.79 Å². The van der Waals surface area contributed by atoms with Crippen molar-refractivity contribution < 1.29 is 14.3 Å². The Morgan fingerprint density at radius 2 is 2.18 bits per heavy atom. The Labute approximate surface area is 131 Å². The number of amides is 1. The summed E-state index contributed by atoms with van der Waals surface area (Å²) in [4.78, 5) is 14.4. The van der Waals surface area contributed by atoms with Crippen LogP contribution in [0, 0.1) is 12.3 Å². The largest absolute Gasteiger partial charge is 0.378 e. The van der Waals surface area contributed by atoms with Crippen LogP contribution in [0.3, 0.4) is 0 Å². The first-order valence-electron chi connectivity index (χ1n) is 8.04. The van der Waals surface area contributed by atoms with Crippen LogP contribution in [0.4, 0.5) is 0 Å². The molecule has 0 aromatic carbocycles. The zero-order valence-corrected chi connectivity index (χ0v) is 12.9. The van der Waals surface area contributed by atoms with Crippen LogP contribution >= 0.6 is 0 Å². The van der Waals surface area contributed by atoms with Crippen LogP contribution in [0.25, 0.3) is 0 Å². The van der Waals surface area contributed by atoms with Crippen molar-refractivity contribution in [1.29, 1.82) is 0 Å². The number of terminal acetylenes is 1. The second kappa shape index (κ2) is 6.35. The fourth-order valence-corrected chi connectivity index (χ4v) is 3.26. The predicted molar refractivity (Wildman–Crippen MR) is 80.2 cm³/mol. The molecule has 1 unspecified atom stereocenters. The van der Waals surface area contributed by atoms with Crippen molar-refractivity contribution in [2.24, 2.45) is 10.2 Å². The highest BCUT2D eigenvalue weighted by Crippen LogP contribution is 2.38. The van der Waals surface area contributed by atoms with Crippen molar-refractivity contribution in [3.8, 4) is 12.3 Å². The summed E-state index contributed by atoms with van der Waals surface area (Å²) in [6, 6.07) is 0. The third kappa shape index (κ3) is 3.47. The van der Waals surface area contributed by atoms with Gasteiger partial charge in [-0.1, -0.05) is 0 Å². The summed E-state index contributed by atoms with van der Waals surface area (Å²) in [6.45, 7) is 3.27. The second-order valence-electron chi connectivity index (χ2n) is 6.39. The molecular formula is C16H23N3O3. The van der Waals surface area contributed by atoms with Crippen LogP contribution in [0.15, 0.2) is 10.2 Å². The highest BCUT2D eigenvalue weighted by molar-refractivity contribution is 5.76. The number of rotatable bonds is 5. The summed E-state index contributed by atoms with van der Waals surface area (Å²) in [7, 11) is 0. The van der Waals surface area contributed by atoms with E-state index in [1.807, 2.05) is 4.90 Å². The van der Waals surface area contributed by atoms with Gasteiger partial charge in [0.25, 0.3) is 0 Å². The molecule has 2 saturated heterocycles. The summed E-state index contributed by atoms with van der Waals surface area (Å²) >= 11 is 0. The smallest absolute Gasteiger partial charge is 0.222 e. The minimum Gasteiger partial charge on any atom is -0.378 e. The second-order valence-corrected chi connectivity index (χ2v) is 6.39. The summed E-state index contributed by atoms with van der Waals surface area (Å²) in [6.07, 6.45) is 9.77. The van der Waals surface area contributed by atoms with Gasteiger partial charge < -0.3 is 14.4 Å². The van der Waals surface area contributed by atoms with Crippen molar-refractivity contribution in [2.45, 2.75) is 49.8 Å². The van der Waals surface area contributed by atoms with E-state index in [2.05, 4.69) is 16.1 Å². The lowest BCUT2D eigenvalue weighted by Gasteiger charge is -2.44. The van der Waals surface area contributed by atoms with Gasteiger partial charge in [0.2, 0.25) is 5.91 Å². The lowest BCUT2D eigenvalue weighted by Crippen LogP contribution is -2.57. The topological polar surface area (TPSA) is 63.5 Å². The van der Waals surface area contributed by atoms with E-state index in [-0.39, 0.29) is 17.2 Å². The number of carbonyl (C=O) groups excluding carboxylic acids is 1. The maximum Gasteiger partial charge on any atom is 0.222 e. The minimum absolute atomic E-state index is 0.158. The number of hydrogen-bond donors (Lipinski definition) is 0. The van der Waals surface area contributed by atoms with E-state index in [1.165, 1.54) is 0 Å². The summed E-state index contributed by atoms with van der Waals surface area (Å²) < 4.78 is 11.5. The first-order chi connectivity index (χ1) is 10.7. The molecule has 0 radical (unpaired) electrons. The molecule has 6 heteroatoms. The molecule has 0 bridgehead atoms. The van der Waals surface area contributed by atoms with E-state index in [1.54, 1.807) is 0 Å². The molecule has 3 heterocycles. The number of ether oxygens (including phenoxy) is 2. The lowest BCUT2D eigenvalue weighted by molar-refractivity contribution is -0.177. The molecule has 3 rings (SSSR count). The first-order valence-corrected chi connectivity index (χ1v) is 8.04. The van der Waals surface area contributed by atoms with Gasteiger partial charge in [0.15, 0.2) is 5.66 Å².